The van der Waals surface area contributed by atoms with Crippen LogP contribution in [-0.2, 0) is 4.74 Å². The van der Waals surface area contributed by atoms with Crippen LogP contribution in [0.5, 0.6) is 0 Å². The van der Waals surface area contributed by atoms with Crippen LogP contribution in [0.2, 0.25) is 0 Å². The molecule has 0 aliphatic carbocycles. The van der Waals surface area contributed by atoms with E-state index in [9.17, 15) is 22.0 Å². The Kier molecular flexibility index (Phi) is 1.66. The molecule has 1 heterocycles. The third kappa shape index (κ3) is 1.50. The van der Waals surface area contributed by atoms with Crippen LogP contribution in [0.25, 0.3) is 0 Å². The molecule has 1 aliphatic heterocycles. The molecule has 0 saturated heterocycles. The standard InChI is InChI=1S/C5H3F5O/c6-3(7)4(8)1-2-5(9,10)11-4/h1-3H/t4-/m0/s1. The van der Waals surface area contributed by atoms with E-state index < -0.39 is 18.4 Å². The summed E-state index contributed by atoms with van der Waals surface area (Å²) >= 11 is 0. The molecule has 0 radical (unpaired) electrons. The predicted molar refractivity (Wildman–Crippen MR) is 25.0 cm³/mol. The molecule has 1 nitrogen and oxygen atoms in total. The van der Waals surface area contributed by atoms with Crippen molar-refractivity contribution in [2.75, 3.05) is 0 Å². The molecule has 6 heteroatoms. The Morgan fingerprint density at radius 1 is 1.09 bits per heavy atom. The van der Waals surface area contributed by atoms with Gasteiger partial charge in [-0.3, -0.25) is 4.74 Å². The van der Waals surface area contributed by atoms with Crippen molar-refractivity contribution in [1.29, 1.82) is 0 Å². The molecule has 0 aromatic carbocycles. The van der Waals surface area contributed by atoms with Gasteiger partial charge in [0.2, 0.25) is 0 Å². The van der Waals surface area contributed by atoms with Gasteiger partial charge in [0.15, 0.2) is 0 Å². The molecule has 0 unspecified atom stereocenters. The van der Waals surface area contributed by atoms with Crippen LogP contribution in [0.15, 0.2) is 12.2 Å². The summed E-state index contributed by atoms with van der Waals surface area (Å²) in [4.78, 5) is 0. The SMILES string of the molecule is FC(F)[C@]1(F)C=CC(F)(F)O1. The van der Waals surface area contributed by atoms with Gasteiger partial charge in [0.1, 0.15) is 0 Å². The Balaban J connectivity index is 2.76. The Morgan fingerprint density at radius 2 is 1.64 bits per heavy atom. The minimum Gasteiger partial charge on any atom is -0.270 e. The molecule has 64 valence electrons. The average Bonchev–Trinajstić information content (AvgIpc) is 2.08. The first kappa shape index (κ1) is 8.45. The molecule has 1 rings (SSSR count). The molecular weight excluding hydrogens is 171 g/mol. The van der Waals surface area contributed by atoms with E-state index >= 15 is 0 Å². The van der Waals surface area contributed by atoms with Crippen molar-refractivity contribution in [1.82, 2.24) is 0 Å². The van der Waals surface area contributed by atoms with Crippen molar-refractivity contribution in [3.63, 3.8) is 0 Å². The molecule has 0 fully saturated rings. The number of halogens is 5. The van der Waals surface area contributed by atoms with E-state index in [0.29, 0.717) is 0 Å². The topological polar surface area (TPSA) is 9.23 Å². The summed E-state index contributed by atoms with van der Waals surface area (Å²) in [6.07, 6.45) is -7.56. The van der Waals surface area contributed by atoms with Gasteiger partial charge in [0.25, 0.3) is 12.3 Å². The van der Waals surface area contributed by atoms with Gasteiger partial charge in [0.05, 0.1) is 0 Å². The number of rotatable bonds is 1. The second kappa shape index (κ2) is 2.17. The van der Waals surface area contributed by atoms with Crippen LogP contribution in [0.3, 0.4) is 0 Å². The van der Waals surface area contributed by atoms with Gasteiger partial charge >= 0.3 is 6.11 Å². The highest BCUT2D eigenvalue weighted by molar-refractivity contribution is 5.08. The Bertz CT molecular complexity index is 189. The normalized spacial score (nSPS) is 35.1. The van der Waals surface area contributed by atoms with E-state index in [-0.39, 0.29) is 12.2 Å². The van der Waals surface area contributed by atoms with E-state index in [1.807, 2.05) is 0 Å². The highest BCUT2D eigenvalue weighted by Gasteiger charge is 2.52. The van der Waals surface area contributed by atoms with E-state index in [1.165, 1.54) is 0 Å². The van der Waals surface area contributed by atoms with Crippen molar-refractivity contribution < 1.29 is 26.7 Å². The molecule has 11 heavy (non-hydrogen) atoms. The number of hydrogen-bond donors (Lipinski definition) is 0. The molecule has 0 N–H and O–H groups in total. The Labute approximate surface area is 58.4 Å². The largest absolute Gasteiger partial charge is 0.379 e. The lowest BCUT2D eigenvalue weighted by atomic mass is 10.3. The lowest BCUT2D eigenvalue weighted by molar-refractivity contribution is -0.302. The van der Waals surface area contributed by atoms with Crippen LogP contribution in [0.1, 0.15) is 0 Å². The number of alkyl halides is 5. The summed E-state index contributed by atoms with van der Waals surface area (Å²) < 4.78 is 62.5. The van der Waals surface area contributed by atoms with Crippen molar-refractivity contribution >= 4 is 0 Å². The van der Waals surface area contributed by atoms with Crippen molar-refractivity contribution in [2.45, 2.75) is 18.4 Å². The van der Waals surface area contributed by atoms with Gasteiger partial charge in [0, 0.05) is 6.08 Å². The average molecular weight is 174 g/mol. The second-order valence-electron chi connectivity index (χ2n) is 2.00. The van der Waals surface area contributed by atoms with Gasteiger partial charge in [-0.15, -0.1) is 0 Å². The van der Waals surface area contributed by atoms with E-state index in [1.54, 1.807) is 0 Å². The van der Waals surface area contributed by atoms with Crippen LogP contribution in [-0.4, -0.2) is 18.4 Å². The fraction of sp³-hybridized carbons (Fsp3) is 0.600. The van der Waals surface area contributed by atoms with Crippen LogP contribution >= 0.6 is 0 Å². The van der Waals surface area contributed by atoms with E-state index in [2.05, 4.69) is 4.74 Å². The third-order valence-corrected chi connectivity index (χ3v) is 1.09. The first-order valence-corrected chi connectivity index (χ1v) is 2.61. The molecule has 1 atom stereocenters. The summed E-state index contributed by atoms with van der Waals surface area (Å²) in [6.45, 7) is 0. The minimum atomic E-state index is -3.93. The van der Waals surface area contributed by atoms with Crippen molar-refractivity contribution in [3.05, 3.63) is 12.2 Å². The van der Waals surface area contributed by atoms with Gasteiger partial charge < -0.3 is 0 Å². The smallest absolute Gasteiger partial charge is 0.270 e. The van der Waals surface area contributed by atoms with Gasteiger partial charge in [-0.05, 0) is 6.08 Å². The lowest BCUT2D eigenvalue weighted by Gasteiger charge is -2.18. The summed E-state index contributed by atoms with van der Waals surface area (Å²) in [5.41, 5.74) is 0. The number of ether oxygens (including phenoxy) is 1. The fourth-order valence-electron chi connectivity index (χ4n) is 0.605. The summed E-state index contributed by atoms with van der Waals surface area (Å²) in [6, 6.07) is 0. The lowest BCUT2D eigenvalue weighted by Crippen LogP contribution is -2.34. The monoisotopic (exact) mass is 174 g/mol. The maximum atomic E-state index is 12.4. The molecule has 0 bridgehead atoms. The fourth-order valence-corrected chi connectivity index (χ4v) is 0.605. The van der Waals surface area contributed by atoms with Gasteiger partial charge in [-0.2, -0.15) is 8.78 Å². The molecule has 0 saturated carbocycles. The van der Waals surface area contributed by atoms with Crippen molar-refractivity contribution in [3.8, 4) is 0 Å². The van der Waals surface area contributed by atoms with Crippen molar-refractivity contribution in [2.24, 2.45) is 0 Å². The first-order valence-electron chi connectivity index (χ1n) is 2.61. The zero-order chi connectivity index (χ0) is 8.70. The van der Waals surface area contributed by atoms with E-state index in [0.717, 1.165) is 0 Å². The Morgan fingerprint density at radius 3 is 1.82 bits per heavy atom. The number of hydrogen-bond acceptors (Lipinski definition) is 1. The third-order valence-electron chi connectivity index (χ3n) is 1.09. The molecule has 0 aromatic rings. The summed E-state index contributed by atoms with van der Waals surface area (Å²) in [7, 11) is 0. The van der Waals surface area contributed by atoms with Gasteiger partial charge in [-0.25, -0.2) is 13.2 Å². The maximum absolute atomic E-state index is 12.4. The minimum absolute atomic E-state index is 0.0116. The highest BCUT2D eigenvalue weighted by Crippen LogP contribution is 2.38. The summed E-state index contributed by atoms with van der Waals surface area (Å²) in [5, 5.41) is 0. The second-order valence-corrected chi connectivity index (χ2v) is 2.00. The Hall–Kier alpha value is -0.650. The van der Waals surface area contributed by atoms with Crippen LogP contribution in [0.4, 0.5) is 22.0 Å². The maximum Gasteiger partial charge on any atom is 0.379 e. The molecule has 0 spiro atoms. The summed E-state index contributed by atoms with van der Waals surface area (Å²) in [5.74, 6) is -3.64. The first-order chi connectivity index (χ1) is 4.86. The van der Waals surface area contributed by atoms with Crippen LogP contribution in [0, 0.1) is 0 Å². The molecule has 1 aliphatic rings. The zero-order valence-electron chi connectivity index (χ0n) is 5.03. The molecule has 0 aromatic heterocycles. The predicted octanol–water partition coefficient (Wildman–Crippen LogP) is 2.10. The van der Waals surface area contributed by atoms with Gasteiger partial charge in [-0.1, -0.05) is 0 Å². The van der Waals surface area contributed by atoms with Crippen LogP contribution < -0.4 is 0 Å². The quantitative estimate of drug-likeness (QED) is 0.437. The molecular formula is C5H3F5O. The highest BCUT2D eigenvalue weighted by atomic mass is 19.3. The molecule has 0 amide bonds. The van der Waals surface area contributed by atoms with E-state index in [4.69, 9.17) is 0 Å². The zero-order valence-corrected chi connectivity index (χ0v) is 5.03.